The lowest BCUT2D eigenvalue weighted by Crippen LogP contribution is -2.03. The van der Waals surface area contributed by atoms with Crippen LogP contribution >= 0.6 is 15.9 Å². The third kappa shape index (κ3) is 5.06. The average molecular weight is 595 g/mol. The zero-order valence-corrected chi connectivity index (χ0v) is 23.6. The molecule has 2 heterocycles. The SMILES string of the molecule is Brc1ccccc1Cn1c(-c2ccccc2)nc2cc(-c3nc(-c4ccccc4)nc(-c4ccccc4)n3)ccc21. The molecule has 0 fully saturated rings. The summed E-state index contributed by atoms with van der Waals surface area (Å²) in [6.45, 7) is 0.684. The van der Waals surface area contributed by atoms with Crippen LogP contribution in [0.1, 0.15) is 5.56 Å². The fourth-order valence-electron chi connectivity index (χ4n) is 4.97. The molecule has 0 unspecified atom stereocenters. The second-order valence-corrected chi connectivity index (χ2v) is 10.6. The molecule has 0 amide bonds. The van der Waals surface area contributed by atoms with Gasteiger partial charge in [-0.1, -0.05) is 125 Å². The normalized spacial score (nSPS) is 11.1. The smallest absolute Gasteiger partial charge is 0.164 e. The Balaban J connectivity index is 1.39. The van der Waals surface area contributed by atoms with Gasteiger partial charge in [0.15, 0.2) is 17.5 Å². The van der Waals surface area contributed by atoms with Crippen LogP contribution in [0.4, 0.5) is 0 Å². The lowest BCUT2D eigenvalue weighted by molar-refractivity contribution is 0.831. The molecule has 0 N–H and O–H groups in total. The van der Waals surface area contributed by atoms with Gasteiger partial charge >= 0.3 is 0 Å². The third-order valence-electron chi connectivity index (χ3n) is 7.02. The Labute approximate surface area is 246 Å². The summed E-state index contributed by atoms with van der Waals surface area (Å²) in [6.07, 6.45) is 0. The standard InChI is InChI=1S/C35H24BrN5/c36-29-19-11-10-18-28(29)23-41-31-21-20-27(22-30(31)37-35(41)26-16-8-3-9-17-26)34-39-32(24-12-4-1-5-13-24)38-33(40-34)25-14-6-2-7-15-25/h1-22H,23H2. The Hall–Kier alpha value is -4.94. The molecule has 0 radical (unpaired) electrons. The molecule has 2 aromatic heterocycles. The van der Waals surface area contributed by atoms with Gasteiger partial charge in [-0.25, -0.2) is 19.9 Å². The highest BCUT2D eigenvalue weighted by molar-refractivity contribution is 9.10. The second-order valence-electron chi connectivity index (χ2n) is 9.72. The lowest BCUT2D eigenvalue weighted by atomic mass is 10.1. The van der Waals surface area contributed by atoms with Crippen molar-refractivity contribution in [2.45, 2.75) is 6.54 Å². The first kappa shape index (κ1) is 25.1. The van der Waals surface area contributed by atoms with Crippen molar-refractivity contribution in [2.24, 2.45) is 0 Å². The van der Waals surface area contributed by atoms with Crippen LogP contribution in [0.2, 0.25) is 0 Å². The monoisotopic (exact) mass is 593 g/mol. The number of halogens is 1. The number of nitrogens with zero attached hydrogens (tertiary/aromatic N) is 5. The molecular weight excluding hydrogens is 570 g/mol. The Morgan fingerprint density at radius 1 is 0.488 bits per heavy atom. The van der Waals surface area contributed by atoms with Gasteiger partial charge in [-0.2, -0.15) is 0 Å². The molecule has 0 saturated heterocycles. The van der Waals surface area contributed by atoms with Gasteiger partial charge in [0.05, 0.1) is 17.6 Å². The first-order valence-electron chi connectivity index (χ1n) is 13.4. The van der Waals surface area contributed by atoms with Gasteiger partial charge in [-0.3, -0.25) is 0 Å². The van der Waals surface area contributed by atoms with E-state index in [1.54, 1.807) is 0 Å². The molecule has 0 bridgehead atoms. The molecule has 0 aliphatic heterocycles. The van der Waals surface area contributed by atoms with Crippen molar-refractivity contribution in [2.75, 3.05) is 0 Å². The average Bonchev–Trinajstić information content (AvgIpc) is 3.40. The van der Waals surface area contributed by atoms with Crippen molar-refractivity contribution in [3.63, 3.8) is 0 Å². The fraction of sp³-hybridized carbons (Fsp3) is 0.0286. The molecule has 5 nitrogen and oxygen atoms in total. The van der Waals surface area contributed by atoms with Gasteiger partial charge in [0.2, 0.25) is 0 Å². The predicted molar refractivity (Wildman–Crippen MR) is 168 cm³/mol. The van der Waals surface area contributed by atoms with E-state index in [0.717, 1.165) is 43.6 Å². The first-order chi connectivity index (χ1) is 20.2. The summed E-state index contributed by atoms with van der Waals surface area (Å²) < 4.78 is 3.34. The minimum absolute atomic E-state index is 0.612. The van der Waals surface area contributed by atoms with Crippen LogP contribution in [0.25, 0.3) is 56.6 Å². The van der Waals surface area contributed by atoms with Crippen molar-refractivity contribution < 1.29 is 0 Å². The van der Waals surface area contributed by atoms with E-state index in [9.17, 15) is 0 Å². The van der Waals surface area contributed by atoms with Gasteiger partial charge in [-0.05, 0) is 29.8 Å². The van der Waals surface area contributed by atoms with Crippen LogP contribution in [0.3, 0.4) is 0 Å². The highest BCUT2D eigenvalue weighted by atomic mass is 79.9. The maximum Gasteiger partial charge on any atom is 0.164 e. The van der Waals surface area contributed by atoms with Crippen molar-refractivity contribution in [3.05, 3.63) is 143 Å². The molecule has 0 aliphatic carbocycles. The Bertz CT molecular complexity index is 1910. The molecular formula is C35H24BrN5. The van der Waals surface area contributed by atoms with E-state index >= 15 is 0 Å². The van der Waals surface area contributed by atoms with Crippen LogP contribution in [0.15, 0.2) is 138 Å². The molecule has 196 valence electrons. The summed E-state index contributed by atoms with van der Waals surface area (Å²) in [5.41, 5.74) is 6.96. The molecule has 6 heteroatoms. The molecule has 41 heavy (non-hydrogen) atoms. The van der Waals surface area contributed by atoms with Crippen molar-refractivity contribution in [3.8, 4) is 45.6 Å². The second kappa shape index (κ2) is 10.9. The molecule has 0 spiro atoms. The van der Waals surface area contributed by atoms with Crippen molar-refractivity contribution in [1.82, 2.24) is 24.5 Å². The van der Waals surface area contributed by atoms with Gasteiger partial charge in [-0.15, -0.1) is 0 Å². The summed E-state index contributed by atoms with van der Waals surface area (Å²) in [4.78, 5) is 19.8. The van der Waals surface area contributed by atoms with Gasteiger partial charge in [0.1, 0.15) is 5.82 Å². The van der Waals surface area contributed by atoms with Crippen LogP contribution < -0.4 is 0 Å². The number of aromatic nitrogens is 5. The van der Waals surface area contributed by atoms with Crippen LogP contribution in [0.5, 0.6) is 0 Å². The van der Waals surface area contributed by atoms with Gasteiger partial charge < -0.3 is 4.57 Å². The molecule has 0 atom stereocenters. The third-order valence-corrected chi connectivity index (χ3v) is 7.80. The summed E-state index contributed by atoms with van der Waals surface area (Å²) in [7, 11) is 0. The van der Waals surface area contributed by atoms with E-state index < -0.39 is 0 Å². The summed E-state index contributed by atoms with van der Waals surface area (Å²) >= 11 is 3.72. The highest BCUT2D eigenvalue weighted by Gasteiger charge is 2.17. The quantitative estimate of drug-likeness (QED) is 0.193. The summed E-state index contributed by atoms with van der Waals surface area (Å²) in [5, 5.41) is 0. The maximum atomic E-state index is 5.13. The highest BCUT2D eigenvalue weighted by Crippen LogP contribution is 2.31. The molecule has 7 rings (SSSR count). The summed E-state index contributed by atoms with van der Waals surface area (Å²) in [5.74, 6) is 2.80. The number of rotatable bonds is 6. The zero-order chi connectivity index (χ0) is 27.6. The van der Waals surface area contributed by atoms with Crippen LogP contribution in [-0.2, 0) is 6.54 Å². The molecule has 0 aliphatic rings. The minimum Gasteiger partial charge on any atom is -0.319 e. The first-order valence-corrected chi connectivity index (χ1v) is 14.2. The minimum atomic E-state index is 0.612. The number of hydrogen-bond donors (Lipinski definition) is 0. The lowest BCUT2D eigenvalue weighted by Gasteiger charge is -2.11. The number of hydrogen-bond acceptors (Lipinski definition) is 4. The topological polar surface area (TPSA) is 56.5 Å². The Morgan fingerprint density at radius 3 is 1.59 bits per heavy atom. The van der Waals surface area contributed by atoms with E-state index in [1.165, 1.54) is 5.56 Å². The van der Waals surface area contributed by atoms with Gasteiger partial charge in [0, 0.05) is 26.7 Å². The van der Waals surface area contributed by atoms with E-state index in [0.29, 0.717) is 24.0 Å². The van der Waals surface area contributed by atoms with E-state index in [1.807, 2.05) is 84.9 Å². The van der Waals surface area contributed by atoms with E-state index in [-0.39, 0.29) is 0 Å². The predicted octanol–water partition coefficient (Wildman–Crippen LogP) is 8.70. The van der Waals surface area contributed by atoms with Crippen molar-refractivity contribution in [1.29, 1.82) is 0 Å². The molecule has 7 aromatic rings. The largest absolute Gasteiger partial charge is 0.319 e. The van der Waals surface area contributed by atoms with E-state index in [2.05, 4.69) is 69.0 Å². The zero-order valence-electron chi connectivity index (χ0n) is 22.0. The van der Waals surface area contributed by atoms with Crippen LogP contribution in [-0.4, -0.2) is 24.5 Å². The van der Waals surface area contributed by atoms with Crippen molar-refractivity contribution >= 4 is 27.0 Å². The number of imidazole rings is 1. The van der Waals surface area contributed by atoms with Gasteiger partial charge in [0.25, 0.3) is 0 Å². The van der Waals surface area contributed by atoms with Crippen LogP contribution in [0, 0.1) is 0 Å². The number of fused-ring (bicyclic) bond motifs is 1. The molecule has 5 aromatic carbocycles. The maximum absolute atomic E-state index is 5.13. The Morgan fingerprint density at radius 2 is 1.00 bits per heavy atom. The fourth-order valence-corrected chi connectivity index (χ4v) is 5.38. The Kier molecular flexibility index (Phi) is 6.67. The van der Waals surface area contributed by atoms with E-state index in [4.69, 9.17) is 19.9 Å². The molecule has 0 saturated carbocycles. The number of benzene rings is 5. The summed E-state index contributed by atoms with van der Waals surface area (Å²) in [6, 6.07) is 45.0.